The van der Waals surface area contributed by atoms with Crippen LogP contribution < -0.4 is 5.32 Å². The molecule has 1 fully saturated rings. The van der Waals surface area contributed by atoms with Gasteiger partial charge < -0.3 is 5.32 Å². The maximum atomic E-state index is 12.9. The Hall–Kier alpha value is -2.10. The minimum Gasteiger partial charge on any atom is -0.322 e. The van der Waals surface area contributed by atoms with Crippen LogP contribution in [0.25, 0.3) is 0 Å². The summed E-state index contributed by atoms with van der Waals surface area (Å²) in [4.78, 5) is 12.3. The Kier molecular flexibility index (Phi) is 6.21. The highest BCUT2D eigenvalue weighted by Gasteiger charge is 2.30. The van der Waals surface area contributed by atoms with Crippen LogP contribution >= 0.6 is 11.6 Å². The van der Waals surface area contributed by atoms with Crippen molar-refractivity contribution >= 4 is 33.2 Å². The zero-order valence-corrected chi connectivity index (χ0v) is 16.7. The number of piperidine rings is 1. The number of carbonyl (C=O) groups is 1. The molecule has 1 heterocycles. The van der Waals surface area contributed by atoms with Gasteiger partial charge in [-0.05, 0) is 55.3 Å². The van der Waals surface area contributed by atoms with Crippen LogP contribution in [0.3, 0.4) is 0 Å². The van der Waals surface area contributed by atoms with E-state index in [2.05, 4.69) is 5.32 Å². The average molecular weight is 447 g/mol. The van der Waals surface area contributed by atoms with Crippen molar-refractivity contribution in [2.75, 3.05) is 18.4 Å². The van der Waals surface area contributed by atoms with Crippen LogP contribution in [0.2, 0.25) is 5.02 Å². The number of amides is 1. The Labute approximate surface area is 171 Å². The molecule has 0 aromatic heterocycles. The summed E-state index contributed by atoms with van der Waals surface area (Å²) >= 11 is 6.08. The molecule has 0 bridgehead atoms. The van der Waals surface area contributed by atoms with E-state index in [1.165, 1.54) is 22.5 Å². The molecule has 156 valence electrons. The molecule has 0 unspecified atom stereocenters. The number of halogens is 4. The third-order valence-corrected chi connectivity index (χ3v) is 6.98. The van der Waals surface area contributed by atoms with E-state index in [1.54, 1.807) is 0 Å². The smallest absolute Gasteiger partial charge is 0.322 e. The molecule has 0 radical (unpaired) electrons. The van der Waals surface area contributed by atoms with Crippen molar-refractivity contribution in [1.29, 1.82) is 0 Å². The van der Waals surface area contributed by atoms with Gasteiger partial charge in [0, 0.05) is 24.3 Å². The van der Waals surface area contributed by atoms with Gasteiger partial charge in [0.05, 0.1) is 10.6 Å². The number of rotatable bonds is 4. The predicted octanol–water partition coefficient (Wildman–Crippen LogP) is 4.79. The lowest BCUT2D eigenvalue weighted by atomic mass is 10.1. The van der Waals surface area contributed by atoms with E-state index in [-0.39, 0.29) is 21.2 Å². The highest BCUT2D eigenvalue weighted by molar-refractivity contribution is 7.89. The first-order valence-electron chi connectivity index (χ1n) is 8.87. The van der Waals surface area contributed by atoms with E-state index in [9.17, 15) is 26.4 Å². The maximum absolute atomic E-state index is 12.9. The summed E-state index contributed by atoms with van der Waals surface area (Å²) in [6.45, 7) is 0.779. The lowest BCUT2D eigenvalue weighted by Crippen LogP contribution is -2.35. The van der Waals surface area contributed by atoms with Crippen LogP contribution in [0.1, 0.15) is 35.2 Å². The van der Waals surface area contributed by atoms with Gasteiger partial charge >= 0.3 is 6.18 Å². The number of carbonyl (C=O) groups excluding carboxylic acids is 1. The van der Waals surface area contributed by atoms with E-state index in [0.29, 0.717) is 13.1 Å². The molecule has 1 amide bonds. The van der Waals surface area contributed by atoms with Gasteiger partial charge in [0.2, 0.25) is 10.0 Å². The molecule has 0 spiro atoms. The number of anilines is 1. The predicted molar refractivity (Wildman–Crippen MR) is 103 cm³/mol. The molecule has 1 aliphatic rings. The summed E-state index contributed by atoms with van der Waals surface area (Å²) in [7, 11) is -3.85. The van der Waals surface area contributed by atoms with E-state index < -0.39 is 27.7 Å². The monoisotopic (exact) mass is 446 g/mol. The van der Waals surface area contributed by atoms with Crippen molar-refractivity contribution in [3.63, 3.8) is 0 Å². The van der Waals surface area contributed by atoms with Crippen molar-refractivity contribution in [1.82, 2.24) is 4.31 Å². The minimum absolute atomic E-state index is 0.00153. The molecule has 29 heavy (non-hydrogen) atoms. The number of hydrogen-bond acceptors (Lipinski definition) is 3. The second kappa shape index (κ2) is 8.33. The molecule has 1 saturated heterocycles. The van der Waals surface area contributed by atoms with Crippen LogP contribution in [0.4, 0.5) is 18.9 Å². The summed E-state index contributed by atoms with van der Waals surface area (Å²) in [5, 5.41) is 2.46. The van der Waals surface area contributed by atoms with Gasteiger partial charge in [-0.3, -0.25) is 4.79 Å². The Morgan fingerprint density at radius 3 is 2.21 bits per heavy atom. The third kappa shape index (κ3) is 4.91. The van der Waals surface area contributed by atoms with E-state index in [1.807, 2.05) is 0 Å². The molecule has 1 N–H and O–H groups in total. The van der Waals surface area contributed by atoms with Gasteiger partial charge in [-0.15, -0.1) is 0 Å². The first-order chi connectivity index (χ1) is 13.6. The summed E-state index contributed by atoms with van der Waals surface area (Å²) in [5.74, 6) is -0.656. The summed E-state index contributed by atoms with van der Waals surface area (Å²) in [5.41, 5.74) is -0.653. The van der Waals surface area contributed by atoms with Crippen LogP contribution in [0, 0.1) is 0 Å². The van der Waals surface area contributed by atoms with E-state index in [4.69, 9.17) is 11.6 Å². The largest absolute Gasteiger partial charge is 0.416 e. The number of sulfonamides is 1. The van der Waals surface area contributed by atoms with Gasteiger partial charge in [-0.2, -0.15) is 17.5 Å². The van der Waals surface area contributed by atoms with Gasteiger partial charge in [-0.25, -0.2) is 8.42 Å². The topological polar surface area (TPSA) is 66.5 Å². The first-order valence-corrected chi connectivity index (χ1v) is 10.7. The quantitative estimate of drug-likeness (QED) is 0.734. The standard InChI is InChI=1S/C19H18ClF3N2O3S/c20-16-9-4-13(12-17(16)29(27,28)25-10-2-1-3-11-25)18(26)24-15-7-5-14(6-8-15)19(21,22)23/h4-9,12H,1-3,10-11H2,(H,24,26). The van der Waals surface area contributed by atoms with Gasteiger partial charge in [-0.1, -0.05) is 18.0 Å². The Balaban J connectivity index is 1.82. The number of hydrogen-bond donors (Lipinski definition) is 1. The van der Waals surface area contributed by atoms with Crippen molar-refractivity contribution in [3.8, 4) is 0 Å². The molecule has 2 aromatic carbocycles. The maximum Gasteiger partial charge on any atom is 0.416 e. The normalized spacial score (nSPS) is 15.9. The number of nitrogens with zero attached hydrogens (tertiary/aromatic N) is 1. The van der Waals surface area contributed by atoms with Crippen LogP contribution in [0.15, 0.2) is 47.4 Å². The minimum atomic E-state index is -4.48. The third-order valence-electron chi connectivity index (χ3n) is 4.60. The zero-order chi connectivity index (χ0) is 21.2. The highest BCUT2D eigenvalue weighted by atomic mass is 35.5. The highest BCUT2D eigenvalue weighted by Crippen LogP contribution is 2.30. The number of nitrogens with one attached hydrogen (secondary N) is 1. The van der Waals surface area contributed by atoms with Crippen molar-refractivity contribution in [2.45, 2.75) is 30.3 Å². The molecule has 5 nitrogen and oxygen atoms in total. The van der Waals surface area contributed by atoms with E-state index in [0.717, 1.165) is 43.5 Å². The second-order valence-electron chi connectivity index (χ2n) is 6.64. The lowest BCUT2D eigenvalue weighted by molar-refractivity contribution is -0.137. The summed E-state index contributed by atoms with van der Waals surface area (Å²) in [6.07, 6.45) is -2.01. The Bertz CT molecular complexity index is 1000. The molecule has 0 aliphatic carbocycles. The number of alkyl halides is 3. The van der Waals surface area contributed by atoms with Crippen molar-refractivity contribution in [2.24, 2.45) is 0 Å². The van der Waals surface area contributed by atoms with Crippen LogP contribution in [-0.2, 0) is 16.2 Å². The van der Waals surface area contributed by atoms with Crippen LogP contribution in [-0.4, -0.2) is 31.7 Å². The average Bonchev–Trinajstić information content (AvgIpc) is 2.68. The Morgan fingerprint density at radius 2 is 1.62 bits per heavy atom. The molecule has 10 heteroatoms. The molecular weight excluding hydrogens is 429 g/mol. The molecule has 3 rings (SSSR count). The fourth-order valence-corrected chi connectivity index (χ4v) is 5.05. The fourth-order valence-electron chi connectivity index (χ4n) is 3.03. The zero-order valence-electron chi connectivity index (χ0n) is 15.2. The van der Waals surface area contributed by atoms with Crippen LogP contribution in [0.5, 0.6) is 0 Å². The van der Waals surface area contributed by atoms with Gasteiger partial charge in [0.1, 0.15) is 4.90 Å². The Morgan fingerprint density at radius 1 is 1.00 bits per heavy atom. The molecular formula is C19H18ClF3N2O3S. The van der Waals surface area contributed by atoms with Crippen molar-refractivity contribution < 1.29 is 26.4 Å². The molecule has 0 atom stereocenters. The molecule has 0 saturated carbocycles. The first kappa shape index (κ1) is 21.6. The van der Waals surface area contributed by atoms with Crippen molar-refractivity contribution in [3.05, 3.63) is 58.6 Å². The summed E-state index contributed by atoms with van der Waals surface area (Å²) in [6, 6.07) is 7.82. The van der Waals surface area contributed by atoms with Gasteiger partial charge in [0.15, 0.2) is 0 Å². The fraction of sp³-hybridized carbons (Fsp3) is 0.316. The van der Waals surface area contributed by atoms with Gasteiger partial charge in [0.25, 0.3) is 5.91 Å². The summed E-state index contributed by atoms with van der Waals surface area (Å²) < 4.78 is 65.0. The molecule has 2 aromatic rings. The lowest BCUT2D eigenvalue weighted by Gasteiger charge is -2.26. The van der Waals surface area contributed by atoms with E-state index >= 15 is 0 Å². The second-order valence-corrected chi connectivity index (χ2v) is 8.95. The molecule has 1 aliphatic heterocycles. The SMILES string of the molecule is O=C(Nc1ccc(C(F)(F)F)cc1)c1ccc(Cl)c(S(=O)(=O)N2CCCCC2)c1. The number of benzene rings is 2.